The summed E-state index contributed by atoms with van der Waals surface area (Å²) in [5.41, 5.74) is 1.06. The van der Waals surface area contributed by atoms with Crippen molar-refractivity contribution in [3.05, 3.63) is 102 Å². The van der Waals surface area contributed by atoms with E-state index in [-0.39, 0.29) is 35.6 Å². The lowest BCUT2D eigenvalue weighted by atomic mass is 9.98. The summed E-state index contributed by atoms with van der Waals surface area (Å²) in [6.45, 7) is 1.69. The van der Waals surface area contributed by atoms with E-state index in [4.69, 9.17) is 43.0 Å². The first-order chi connectivity index (χ1) is 28.8. The van der Waals surface area contributed by atoms with Gasteiger partial charge in [0.2, 0.25) is 11.5 Å². The lowest BCUT2D eigenvalue weighted by Gasteiger charge is -2.27. The van der Waals surface area contributed by atoms with Crippen LogP contribution in [0.15, 0.2) is 90.6 Å². The van der Waals surface area contributed by atoms with E-state index in [1.54, 1.807) is 6.92 Å². The maximum absolute atomic E-state index is 10.8. The van der Waals surface area contributed by atoms with Crippen LogP contribution in [0.1, 0.15) is 83.1 Å². The number of hydrogen-bond acceptors (Lipinski definition) is 7. The summed E-state index contributed by atoms with van der Waals surface area (Å²) >= 11 is 0. The molecule has 2 N–H and O–H groups in total. The Balaban J connectivity index is 0.00000193. The third-order valence-electron chi connectivity index (χ3n) is 7.41. The second-order valence-corrected chi connectivity index (χ2v) is 15.4. The van der Waals surface area contributed by atoms with E-state index in [1.165, 1.54) is 14.2 Å². The molecule has 4 aromatic rings. The molecule has 0 saturated carbocycles. The van der Waals surface area contributed by atoms with Gasteiger partial charge in [-0.2, -0.15) is 0 Å². The Hall–Kier alpha value is -3.58. The van der Waals surface area contributed by atoms with Crippen molar-refractivity contribution in [3.63, 3.8) is 0 Å². The van der Waals surface area contributed by atoms with Gasteiger partial charge in [-0.25, -0.2) is 8.42 Å². The molecule has 4 aromatic carbocycles. The number of phenolic OH excluding ortho intramolecular Hbond substituents is 2. The Bertz CT molecular complexity index is 2190. The van der Waals surface area contributed by atoms with E-state index < -0.39 is 124 Å². The molecule has 0 aliphatic rings. The highest BCUT2D eigenvalue weighted by molar-refractivity contribution is 7.95. The first-order valence-corrected chi connectivity index (χ1v) is 18.7. The number of hydrogen-bond donors (Lipinski definition) is 2. The van der Waals surface area contributed by atoms with Crippen LogP contribution in [-0.2, 0) is 16.5 Å². The number of methoxy groups -OCH3 is 2. The average molecular weight is 696 g/mol. The van der Waals surface area contributed by atoms with Crippen LogP contribution in [0, 0.1) is 6.92 Å². The minimum Gasteiger partial charge on any atom is -0.748 e. The SMILES string of the molecule is CS(=O)(=O)[O-].[2H]c1c([2H])c([2H])c([P+](CCCCCCCCCCc2c(C)c(O)c(OC)c(OC)c2O)(c2c([2H])c([2H])c([2H])c([2H])c2[2H])c2c([2H])c([2H])c([2H])c([2H])c2[2H])c([2H])c1[2H]. The van der Waals surface area contributed by atoms with Gasteiger partial charge in [0.1, 0.15) is 23.2 Å². The van der Waals surface area contributed by atoms with Crippen LogP contribution in [-0.4, -0.2) is 49.8 Å². The summed E-state index contributed by atoms with van der Waals surface area (Å²) in [7, 11) is -5.45. The van der Waals surface area contributed by atoms with Gasteiger partial charge in [0.25, 0.3) is 0 Å². The van der Waals surface area contributed by atoms with Crippen LogP contribution in [0.3, 0.4) is 0 Å². The molecule has 0 spiro atoms. The Morgan fingerprint density at radius 3 is 1.38 bits per heavy atom. The van der Waals surface area contributed by atoms with Gasteiger partial charge in [-0.1, -0.05) is 86.5 Å². The molecule has 0 atom stereocenters. The number of unbranched alkanes of at least 4 members (excludes halogenated alkanes) is 7. The van der Waals surface area contributed by atoms with Crippen molar-refractivity contribution in [2.24, 2.45) is 0 Å². The molecule has 9 heteroatoms. The molecule has 0 bridgehead atoms. The summed E-state index contributed by atoms with van der Waals surface area (Å²) < 4.78 is 168. The predicted octanol–water partition coefficient (Wildman–Crippen LogP) is 7.24. The first-order valence-electron chi connectivity index (χ1n) is 22.4. The summed E-state index contributed by atoms with van der Waals surface area (Å²) in [4.78, 5) is 0. The smallest absolute Gasteiger partial charge is 0.207 e. The van der Waals surface area contributed by atoms with Crippen molar-refractivity contribution in [1.29, 1.82) is 0 Å². The molecule has 0 amide bonds. The van der Waals surface area contributed by atoms with E-state index >= 15 is 0 Å². The fraction of sp³-hybridized carbons (Fsp3) is 0.368. The summed E-state index contributed by atoms with van der Waals surface area (Å²) in [5.74, 6) is -0.0601. The fourth-order valence-electron chi connectivity index (χ4n) is 5.21. The van der Waals surface area contributed by atoms with Crippen LogP contribution in [0.2, 0.25) is 0 Å². The Morgan fingerprint density at radius 1 is 0.660 bits per heavy atom. The molecular weight excluding hydrogens is 631 g/mol. The van der Waals surface area contributed by atoms with Gasteiger partial charge in [-0.15, -0.1) is 0 Å². The second-order valence-electron chi connectivity index (χ2n) is 10.6. The molecule has 0 fully saturated rings. The number of aromatic hydroxyl groups is 2. The highest BCUT2D eigenvalue weighted by Gasteiger charge is 2.44. The second kappa shape index (κ2) is 18.7. The Kier molecular flexibility index (Phi) is 8.51. The van der Waals surface area contributed by atoms with Crippen LogP contribution in [0.5, 0.6) is 23.0 Å². The van der Waals surface area contributed by atoms with E-state index in [9.17, 15) is 10.2 Å². The molecule has 0 radical (unpaired) electrons. The molecule has 0 unspecified atom stereocenters. The van der Waals surface area contributed by atoms with Gasteiger partial charge < -0.3 is 24.2 Å². The van der Waals surface area contributed by atoms with Crippen molar-refractivity contribution in [3.8, 4) is 23.0 Å². The van der Waals surface area contributed by atoms with E-state index in [0.717, 1.165) is 25.7 Å². The topological polar surface area (TPSA) is 116 Å². The van der Waals surface area contributed by atoms with Crippen molar-refractivity contribution in [1.82, 2.24) is 0 Å². The lowest BCUT2D eigenvalue weighted by molar-refractivity contribution is 0.313. The zero-order valence-corrected chi connectivity index (χ0v) is 28.6. The zero-order valence-electron chi connectivity index (χ0n) is 41.9. The van der Waals surface area contributed by atoms with Gasteiger partial charge in [0.15, 0.2) is 11.5 Å². The molecule has 0 aromatic heterocycles. The Labute approximate surface area is 302 Å². The monoisotopic (exact) mass is 695 g/mol. The molecule has 0 aliphatic heterocycles. The van der Waals surface area contributed by atoms with Crippen molar-refractivity contribution < 1.29 is 53.2 Å². The maximum Gasteiger partial charge on any atom is 0.207 e. The van der Waals surface area contributed by atoms with E-state index in [2.05, 4.69) is 0 Å². The van der Waals surface area contributed by atoms with E-state index in [0.29, 0.717) is 43.1 Å². The molecule has 0 aliphatic carbocycles. The molecule has 47 heavy (non-hydrogen) atoms. The number of phenols is 2. The quantitative estimate of drug-likeness (QED) is 0.0550. The highest BCUT2D eigenvalue weighted by Crippen LogP contribution is 2.56. The van der Waals surface area contributed by atoms with Crippen molar-refractivity contribution in [2.75, 3.05) is 26.6 Å². The molecule has 4 rings (SSSR count). The Morgan fingerprint density at radius 2 is 1.00 bits per heavy atom. The highest BCUT2D eigenvalue weighted by atomic mass is 32.2. The molecule has 0 heterocycles. The van der Waals surface area contributed by atoms with Gasteiger partial charge in [-0.05, 0) is 68.9 Å². The number of benzene rings is 4. The normalized spacial score (nSPS) is 15.9. The zero-order chi connectivity index (χ0) is 47.3. The summed E-state index contributed by atoms with van der Waals surface area (Å²) in [5, 5.41) is 20.0. The minimum atomic E-state index is -4.27. The first kappa shape index (κ1) is 21.4. The van der Waals surface area contributed by atoms with Gasteiger partial charge in [0, 0.05) is 17.4 Å². The number of ether oxygens (including phenoxy) is 2. The number of rotatable bonds is 16. The van der Waals surface area contributed by atoms with E-state index in [1.807, 2.05) is 0 Å². The van der Waals surface area contributed by atoms with Crippen LogP contribution >= 0.6 is 7.26 Å². The lowest BCUT2D eigenvalue weighted by Crippen LogP contribution is -2.33. The van der Waals surface area contributed by atoms with Gasteiger partial charge >= 0.3 is 0 Å². The van der Waals surface area contributed by atoms with Gasteiger partial charge in [-0.3, -0.25) is 0 Å². The molecular formula is C38H49O7PS. The third-order valence-corrected chi connectivity index (χ3v) is 11.4. The summed E-state index contributed by atoms with van der Waals surface area (Å²) in [6, 6.07) is -11.4. The van der Waals surface area contributed by atoms with Gasteiger partial charge in [0.05, 0.1) is 51.1 Å². The third kappa shape index (κ3) is 10.7. The molecule has 0 saturated heterocycles. The fourth-order valence-corrected chi connectivity index (χ4v) is 8.73. The van der Waals surface area contributed by atoms with Crippen molar-refractivity contribution in [2.45, 2.75) is 64.7 Å². The summed E-state index contributed by atoms with van der Waals surface area (Å²) in [6.07, 6.45) is 6.11. The van der Waals surface area contributed by atoms with Crippen LogP contribution in [0.4, 0.5) is 0 Å². The standard InChI is InChI=1S/C37H45O4P.CH4O3S/c1-29-33(35(39)37(41-3)36(40-2)34(29)38)27-19-8-6-4-5-7-9-20-28-42(30-21-13-10-14-22-30,31-23-15-11-16-24-31)32-25-17-12-18-26-32;1-5(2,3)4/h10-18,21-26H,4-9,19-20,27-28H2,1-3H3,(H-,38,39);1H3,(H,2,3,4)/i10D,11D,12D,13D,14D,15D,16D,17D,18D,21D,22D,23D,24D,25D,26D;. The maximum atomic E-state index is 10.8. The minimum absolute atomic E-state index is 0.0607. The molecule has 7 nitrogen and oxygen atoms in total. The van der Waals surface area contributed by atoms with Crippen LogP contribution in [0.25, 0.3) is 0 Å². The van der Waals surface area contributed by atoms with Crippen LogP contribution < -0.4 is 25.4 Å². The predicted molar refractivity (Wildman–Crippen MR) is 194 cm³/mol. The molecule has 254 valence electrons. The largest absolute Gasteiger partial charge is 0.748 e. The average Bonchev–Trinajstić information content (AvgIpc) is 3.21. The van der Waals surface area contributed by atoms with Crippen molar-refractivity contribution >= 4 is 33.3 Å².